The van der Waals surface area contributed by atoms with Crippen LogP contribution in [0, 0.1) is 0 Å². The fourth-order valence-corrected chi connectivity index (χ4v) is 3.18. The minimum atomic E-state index is -0.670. The van der Waals surface area contributed by atoms with Crippen molar-refractivity contribution in [3.05, 3.63) is 84.6 Å². The van der Waals surface area contributed by atoms with Crippen molar-refractivity contribution in [1.29, 1.82) is 0 Å². The minimum absolute atomic E-state index is 0.0152. The molecule has 2 aromatic carbocycles. The molecule has 0 spiro atoms. The zero-order chi connectivity index (χ0) is 21.7. The summed E-state index contributed by atoms with van der Waals surface area (Å²) in [7, 11) is 1.58. The van der Waals surface area contributed by atoms with Crippen molar-refractivity contribution < 1.29 is 4.74 Å². The largest absolute Gasteiger partial charge is 0.497 e. The van der Waals surface area contributed by atoms with Crippen LogP contribution in [-0.4, -0.2) is 34.3 Å². The molecule has 0 amide bonds. The first-order chi connectivity index (χ1) is 14.4. The zero-order valence-electron chi connectivity index (χ0n) is 16.3. The maximum absolute atomic E-state index is 13.2. The van der Waals surface area contributed by atoms with Crippen LogP contribution < -0.4 is 27.2 Å². The highest BCUT2D eigenvalue weighted by Gasteiger charge is 2.14. The summed E-state index contributed by atoms with van der Waals surface area (Å²) in [5.41, 5.74) is 5.87. The Bertz CT molecular complexity index is 1140. The van der Waals surface area contributed by atoms with E-state index in [4.69, 9.17) is 33.7 Å². The predicted octanol–water partition coefficient (Wildman–Crippen LogP) is 2.19. The van der Waals surface area contributed by atoms with Crippen LogP contribution in [0.3, 0.4) is 0 Å². The van der Waals surface area contributed by atoms with Gasteiger partial charge in [-0.3, -0.25) is 4.57 Å². The van der Waals surface area contributed by atoms with Crippen LogP contribution in [0.4, 0.5) is 5.95 Å². The van der Waals surface area contributed by atoms with E-state index in [1.807, 2.05) is 12.1 Å². The third-order valence-corrected chi connectivity index (χ3v) is 5.14. The van der Waals surface area contributed by atoms with Gasteiger partial charge < -0.3 is 15.8 Å². The lowest BCUT2D eigenvalue weighted by atomic mass is 10.2. The highest BCUT2D eigenvalue weighted by molar-refractivity contribution is 6.42. The maximum Gasteiger partial charge on any atom is 0.355 e. The second kappa shape index (κ2) is 9.80. The number of hydrogen-bond acceptors (Lipinski definition) is 6. The summed E-state index contributed by atoms with van der Waals surface area (Å²) in [6.07, 6.45) is 0. The van der Waals surface area contributed by atoms with E-state index in [1.54, 1.807) is 37.4 Å². The average Bonchev–Trinajstić information content (AvgIpc) is 2.74. The van der Waals surface area contributed by atoms with Gasteiger partial charge in [0.1, 0.15) is 5.75 Å². The number of nitrogens with one attached hydrogen (secondary N) is 1. The average molecular weight is 450 g/mol. The van der Waals surface area contributed by atoms with Crippen LogP contribution in [0.2, 0.25) is 10.0 Å². The van der Waals surface area contributed by atoms with Gasteiger partial charge in [-0.1, -0.05) is 41.4 Å². The smallest absolute Gasteiger partial charge is 0.355 e. The van der Waals surface area contributed by atoms with Gasteiger partial charge in [0.15, 0.2) is 0 Å². The Labute approximate surface area is 182 Å². The molecule has 0 aliphatic carbocycles. The first-order valence-corrected chi connectivity index (χ1v) is 9.91. The van der Waals surface area contributed by atoms with Gasteiger partial charge in [0.25, 0.3) is 0 Å². The molecule has 8 nitrogen and oxygen atoms in total. The fraction of sp³-hybridized carbons (Fsp3) is 0.250. The number of methoxy groups -OCH3 is 1. The van der Waals surface area contributed by atoms with Crippen molar-refractivity contribution in [2.75, 3.05) is 25.5 Å². The highest BCUT2D eigenvalue weighted by Crippen LogP contribution is 2.22. The van der Waals surface area contributed by atoms with Crippen molar-refractivity contribution in [3.8, 4) is 5.75 Å². The van der Waals surface area contributed by atoms with Gasteiger partial charge in [0.05, 0.1) is 30.2 Å². The third-order valence-electron chi connectivity index (χ3n) is 4.40. The number of halogens is 2. The lowest BCUT2D eigenvalue weighted by Gasteiger charge is -2.15. The standard InChI is InChI=1S/C20H21Cl2N5O3/c1-30-15-5-2-13(3-6-15)11-26-18(24-9-8-23)25-19(28)27(20(26)29)12-14-4-7-16(21)17(22)10-14/h2-7,10H,8-9,11-12,23H2,1H3,(H,24,25,28). The lowest BCUT2D eigenvalue weighted by molar-refractivity contribution is 0.414. The molecular weight excluding hydrogens is 429 g/mol. The Morgan fingerprint density at radius 3 is 2.30 bits per heavy atom. The van der Waals surface area contributed by atoms with E-state index in [9.17, 15) is 9.59 Å². The number of anilines is 1. The molecule has 3 rings (SSSR count). The van der Waals surface area contributed by atoms with E-state index >= 15 is 0 Å². The predicted molar refractivity (Wildman–Crippen MR) is 118 cm³/mol. The van der Waals surface area contributed by atoms with E-state index in [0.29, 0.717) is 34.4 Å². The third kappa shape index (κ3) is 5.02. The topological polar surface area (TPSA) is 104 Å². The van der Waals surface area contributed by atoms with Crippen molar-refractivity contribution in [1.82, 2.24) is 14.1 Å². The van der Waals surface area contributed by atoms with E-state index in [-0.39, 0.29) is 19.0 Å². The molecule has 3 N–H and O–H groups in total. The van der Waals surface area contributed by atoms with E-state index < -0.39 is 11.4 Å². The quantitative estimate of drug-likeness (QED) is 0.545. The van der Waals surface area contributed by atoms with E-state index in [1.165, 1.54) is 4.57 Å². The van der Waals surface area contributed by atoms with Gasteiger partial charge in [-0.05, 0) is 35.4 Å². The molecular formula is C20H21Cl2N5O3. The Hall–Kier alpha value is -2.81. The molecule has 0 unspecified atom stereocenters. The molecule has 30 heavy (non-hydrogen) atoms. The van der Waals surface area contributed by atoms with Crippen LogP contribution in [0.1, 0.15) is 11.1 Å². The van der Waals surface area contributed by atoms with Gasteiger partial charge in [0.2, 0.25) is 5.95 Å². The summed E-state index contributed by atoms with van der Waals surface area (Å²) in [5.74, 6) is 0.868. The molecule has 0 fully saturated rings. The summed E-state index contributed by atoms with van der Waals surface area (Å²) < 4.78 is 7.62. The number of hydrogen-bond donors (Lipinski definition) is 2. The van der Waals surface area contributed by atoms with Gasteiger partial charge in [-0.15, -0.1) is 0 Å². The second-order valence-electron chi connectivity index (χ2n) is 6.48. The Balaban J connectivity index is 2.03. The normalized spacial score (nSPS) is 10.8. The molecule has 0 atom stereocenters. The van der Waals surface area contributed by atoms with Crippen molar-refractivity contribution in [2.24, 2.45) is 5.73 Å². The Morgan fingerprint density at radius 1 is 1.00 bits per heavy atom. The number of rotatable bonds is 8. The molecule has 0 saturated carbocycles. The fourth-order valence-electron chi connectivity index (χ4n) is 2.86. The molecule has 0 saturated heterocycles. The Kier molecular flexibility index (Phi) is 7.15. The summed E-state index contributed by atoms with van der Waals surface area (Å²) in [6.45, 7) is 0.918. The molecule has 3 aromatic rings. The molecule has 1 aromatic heterocycles. The number of ether oxygens (including phenoxy) is 1. The molecule has 0 radical (unpaired) electrons. The van der Waals surface area contributed by atoms with Crippen molar-refractivity contribution in [2.45, 2.75) is 13.1 Å². The molecule has 1 heterocycles. The van der Waals surface area contributed by atoms with E-state index in [0.717, 1.165) is 10.1 Å². The summed E-state index contributed by atoms with van der Waals surface area (Å²) >= 11 is 12.0. The monoisotopic (exact) mass is 449 g/mol. The van der Waals surface area contributed by atoms with Crippen LogP contribution in [-0.2, 0) is 13.1 Å². The molecule has 0 aliphatic heterocycles. The lowest BCUT2D eigenvalue weighted by Crippen LogP contribution is -2.43. The van der Waals surface area contributed by atoms with Crippen LogP contribution >= 0.6 is 23.2 Å². The first-order valence-electron chi connectivity index (χ1n) is 9.15. The summed E-state index contributed by atoms with van der Waals surface area (Å²) in [6, 6.07) is 12.2. The van der Waals surface area contributed by atoms with Crippen LogP contribution in [0.25, 0.3) is 0 Å². The minimum Gasteiger partial charge on any atom is -0.497 e. The van der Waals surface area contributed by atoms with Gasteiger partial charge in [-0.25, -0.2) is 14.2 Å². The highest BCUT2D eigenvalue weighted by atomic mass is 35.5. The Morgan fingerprint density at radius 2 is 1.67 bits per heavy atom. The second-order valence-corrected chi connectivity index (χ2v) is 7.30. The summed E-state index contributed by atoms with van der Waals surface area (Å²) in [4.78, 5) is 29.8. The molecule has 10 heteroatoms. The zero-order valence-corrected chi connectivity index (χ0v) is 17.8. The molecule has 158 valence electrons. The number of benzene rings is 2. The van der Waals surface area contributed by atoms with Gasteiger partial charge >= 0.3 is 11.4 Å². The van der Waals surface area contributed by atoms with Crippen LogP contribution in [0.5, 0.6) is 5.75 Å². The number of nitrogens with zero attached hydrogens (tertiary/aromatic N) is 3. The van der Waals surface area contributed by atoms with Crippen molar-refractivity contribution in [3.63, 3.8) is 0 Å². The molecule has 0 aliphatic rings. The number of nitrogens with two attached hydrogens (primary N) is 1. The van der Waals surface area contributed by atoms with Gasteiger partial charge in [0, 0.05) is 13.1 Å². The van der Waals surface area contributed by atoms with Crippen molar-refractivity contribution >= 4 is 29.2 Å². The SMILES string of the molecule is COc1ccc(Cn2c(NCCN)nc(=O)n(Cc3ccc(Cl)c(Cl)c3)c2=O)cc1. The summed E-state index contributed by atoms with van der Waals surface area (Å²) in [5, 5.41) is 3.68. The van der Waals surface area contributed by atoms with Crippen LogP contribution in [0.15, 0.2) is 52.1 Å². The van der Waals surface area contributed by atoms with Gasteiger partial charge in [-0.2, -0.15) is 4.98 Å². The van der Waals surface area contributed by atoms with E-state index in [2.05, 4.69) is 10.3 Å². The number of aromatic nitrogens is 3. The molecule has 0 bridgehead atoms. The maximum atomic E-state index is 13.2. The first kappa shape index (κ1) is 21.9.